The number of nitrogens with one attached hydrogen (secondary N) is 1. The van der Waals surface area contributed by atoms with E-state index in [1.54, 1.807) is 13.2 Å². The summed E-state index contributed by atoms with van der Waals surface area (Å²) in [5.41, 5.74) is 0.636. The molecular formula is C15H20BrNO2S. The number of ether oxygens (including phenoxy) is 1. The summed E-state index contributed by atoms with van der Waals surface area (Å²) < 4.78 is 5.98. The van der Waals surface area contributed by atoms with Crippen LogP contribution < -0.4 is 10.1 Å². The van der Waals surface area contributed by atoms with E-state index < -0.39 is 0 Å². The number of carbonyl (C=O) groups is 1. The van der Waals surface area contributed by atoms with Gasteiger partial charge in [-0.05, 0) is 52.7 Å². The Bertz CT molecular complexity index is 481. The van der Waals surface area contributed by atoms with Crippen LogP contribution in [0.4, 0.5) is 0 Å². The van der Waals surface area contributed by atoms with Gasteiger partial charge in [-0.15, -0.1) is 0 Å². The fraction of sp³-hybridized carbons (Fsp3) is 0.533. The molecule has 1 aliphatic carbocycles. The second kappa shape index (κ2) is 7.36. The minimum Gasteiger partial charge on any atom is -0.497 e. The molecule has 0 bridgehead atoms. The Kier molecular flexibility index (Phi) is 5.78. The SMILES string of the molecule is CCSC1CCCC1NC(=O)c1cc(OC)ccc1Br. The van der Waals surface area contributed by atoms with Crippen LogP contribution in [0.3, 0.4) is 0 Å². The van der Waals surface area contributed by atoms with Gasteiger partial charge in [0.1, 0.15) is 5.75 Å². The summed E-state index contributed by atoms with van der Waals surface area (Å²) in [4.78, 5) is 12.4. The van der Waals surface area contributed by atoms with Crippen LogP contribution in [0.2, 0.25) is 0 Å². The average Bonchev–Trinajstić information content (AvgIpc) is 2.87. The third kappa shape index (κ3) is 3.70. The third-order valence-corrected chi connectivity index (χ3v) is 5.59. The van der Waals surface area contributed by atoms with Gasteiger partial charge in [0.05, 0.1) is 12.7 Å². The highest BCUT2D eigenvalue weighted by molar-refractivity contribution is 9.10. The topological polar surface area (TPSA) is 38.3 Å². The zero-order valence-corrected chi connectivity index (χ0v) is 14.2. The van der Waals surface area contributed by atoms with Crippen LogP contribution >= 0.6 is 27.7 Å². The monoisotopic (exact) mass is 357 g/mol. The van der Waals surface area contributed by atoms with Gasteiger partial charge in [0.15, 0.2) is 0 Å². The Balaban J connectivity index is 2.08. The molecule has 1 amide bonds. The number of hydrogen-bond acceptors (Lipinski definition) is 3. The minimum atomic E-state index is -0.0237. The molecular weight excluding hydrogens is 338 g/mol. The van der Waals surface area contributed by atoms with E-state index in [1.807, 2.05) is 23.9 Å². The van der Waals surface area contributed by atoms with Crippen molar-refractivity contribution in [3.63, 3.8) is 0 Å². The van der Waals surface area contributed by atoms with E-state index in [0.717, 1.165) is 16.6 Å². The zero-order chi connectivity index (χ0) is 14.5. The Morgan fingerprint density at radius 3 is 3.00 bits per heavy atom. The summed E-state index contributed by atoms with van der Waals surface area (Å²) in [6.45, 7) is 2.17. The molecule has 1 aromatic carbocycles. The molecule has 0 radical (unpaired) electrons. The number of rotatable bonds is 5. The lowest BCUT2D eigenvalue weighted by atomic mass is 10.1. The summed E-state index contributed by atoms with van der Waals surface area (Å²) in [5.74, 6) is 1.77. The molecule has 110 valence electrons. The molecule has 3 nitrogen and oxygen atoms in total. The van der Waals surface area contributed by atoms with Crippen molar-refractivity contribution < 1.29 is 9.53 Å². The van der Waals surface area contributed by atoms with Crippen LogP contribution in [0, 0.1) is 0 Å². The molecule has 1 fully saturated rings. The van der Waals surface area contributed by atoms with Gasteiger partial charge in [0.2, 0.25) is 0 Å². The lowest BCUT2D eigenvalue weighted by Crippen LogP contribution is -2.38. The highest BCUT2D eigenvalue weighted by Gasteiger charge is 2.29. The molecule has 0 heterocycles. The number of carbonyl (C=O) groups excluding carboxylic acids is 1. The van der Waals surface area contributed by atoms with E-state index in [4.69, 9.17) is 4.74 Å². The molecule has 2 rings (SSSR count). The van der Waals surface area contributed by atoms with Crippen molar-refractivity contribution in [3.05, 3.63) is 28.2 Å². The van der Waals surface area contributed by atoms with Crippen LogP contribution in [-0.4, -0.2) is 30.1 Å². The summed E-state index contributed by atoms with van der Waals surface area (Å²) in [7, 11) is 1.61. The number of thioether (sulfide) groups is 1. The van der Waals surface area contributed by atoms with Crippen LogP contribution in [0.5, 0.6) is 5.75 Å². The highest BCUT2D eigenvalue weighted by atomic mass is 79.9. The second-order valence-corrected chi connectivity index (χ2v) is 7.22. The molecule has 1 aromatic rings. The van der Waals surface area contributed by atoms with Crippen molar-refractivity contribution in [1.29, 1.82) is 0 Å². The Labute approximate surface area is 133 Å². The number of halogens is 1. The first-order valence-electron chi connectivity index (χ1n) is 6.91. The van der Waals surface area contributed by atoms with Crippen LogP contribution in [0.1, 0.15) is 36.5 Å². The van der Waals surface area contributed by atoms with Crippen molar-refractivity contribution in [1.82, 2.24) is 5.32 Å². The van der Waals surface area contributed by atoms with E-state index in [-0.39, 0.29) is 11.9 Å². The van der Waals surface area contributed by atoms with Gasteiger partial charge in [-0.25, -0.2) is 0 Å². The van der Waals surface area contributed by atoms with Gasteiger partial charge in [-0.3, -0.25) is 4.79 Å². The predicted molar refractivity (Wildman–Crippen MR) is 87.7 cm³/mol. The lowest BCUT2D eigenvalue weighted by molar-refractivity contribution is 0.0937. The smallest absolute Gasteiger partial charge is 0.252 e. The van der Waals surface area contributed by atoms with Gasteiger partial charge < -0.3 is 10.1 Å². The first kappa shape index (κ1) is 15.7. The van der Waals surface area contributed by atoms with Crippen molar-refractivity contribution in [2.75, 3.05) is 12.9 Å². The molecule has 1 saturated carbocycles. The van der Waals surface area contributed by atoms with E-state index >= 15 is 0 Å². The predicted octanol–water partition coefficient (Wildman–Crippen LogP) is 3.86. The summed E-state index contributed by atoms with van der Waals surface area (Å²) >= 11 is 5.38. The standard InChI is InChI=1S/C15H20BrNO2S/c1-3-20-14-6-4-5-13(14)17-15(18)11-9-10(19-2)7-8-12(11)16/h7-9,13-14H,3-6H2,1-2H3,(H,17,18). The Morgan fingerprint density at radius 2 is 2.30 bits per heavy atom. The molecule has 1 aliphatic rings. The molecule has 2 atom stereocenters. The van der Waals surface area contributed by atoms with Gasteiger partial charge >= 0.3 is 0 Å². The largest absolute Gasteiger partial charge is 0.497 e. The third-order valence-electron chi connectivity index (χ3n) is 3.57. The van der Waals surface area contributed by atoms with Crippen LogP contribution in [0.25, 0.3) is 0 Å². The van der Waals surface area contributed by atoms with Gasteiger partial charge in [-0.2, -0.15) is 11.8 Å². The molecule has 0 saturated heterocycles. The molecule has 0 spiro atoms. The van der Waals surface area contributed by atoms with Crippen LogP contribution in [0.15, 0.2) is 22.7 Å². The summed E-state index contributed by atoms with van der Waals surface area (Å²) in [6, 6.07) is 5.74. The normalized spacial score (nSPS) is 21.8. The van der Waals surface area contributed by atoms with E-state index in [9.17, 15) is 4.79 Å². The number of hydrogen-bond donors (Lipinski definition) is 1. The highest BCUT2D eigenvalue weighted by Crippen LogP contribution is 2.30. The first-order valence-corrected chi connectivity index (χ1v) is 8.76. The maximum Gasteiger partial charge on any atom is 0.252 e. The summed E-state index contributed by atoms with van der Waals surface area (Å²) in [6.07, 6.45) is 3.47. The van der Waals surface area contributed by atoms with E-state index in [2.05, 4.69) is 28.2 Å². The molecule has 0 aromatic heterocycles. The Morgan fingerprint density at radius 1 is 1.50 bits per heavy atom. The van der Waals surface area contributed by atoms with Gasteiger partial charge in [0.25, 0.3) is 5.91 Å². The van der Waals surface area contributed by atoms with Gasteiger partial charge in [-0.1, -0.05) is 13.3 Å². The molecule has 0 aliphatic heterocycles. The Hall–Kier alpha value is -0.680. The van der Waals surface area contributed by atoms with Gasteiger partial charge in [0, 0.05) is 15.8 Å². The lowest BCUT2D eigenvalue weighted by Gasteiger charge is -2.20. The second-order valence-electron chi connectivity index (χ2n) is 4.85. The number of methoxy groups -OCH3 is 1. The fourth-order valence-corrected chi connectivity index (χ4v) is 4.18. The summed E-state index contributed by atoms with van der Waals surface area (Å²) in [5, 5.41) is 3.73. The average molecular weight is 358 g/mol. The maximum absolute atomic E-state index is 12.4. The first-order chi connectivity index (χ1) is 9.65. The van der Waals surface area contributed by atoms with Crippen molar-refractivity contribution in [2.45, 2.75) is 37.5 Å². The molecule has 5 heteroatoms. The van der Waals surface area contributed by atoms with Crippen molar-refractivity contribution in [2.24, 2.45) is 0 Å². The number of benzene rings is 1. The fourth-order valence-electron chi connectivity index (χ4n) is 2.56. The minimum absolute atomic E-state index is 0.0237. The maximum atomic E-state index is 12.4. The number of amides is 1. The molecule has 1 N–H and O–H groups in total. The zero-order valence-electron chi connectivity index (χ0n) is 11.8. The quantitative estimate of drug-likeness (QED) is 0.869. The molecule has 20 heavy (non-hydrogen) atoms. The molecule has 2 unspecified atom stereocenters. The van der Waals surface area contributed by atoms with Crippen LogP contribution in [-0.2, 0) is 0 Å². The van der Waals surface area contributed by atoms with E-state index in [1.165, 1.54) is 12.8 Å². The van der Waals surface area contributed by atoms with Crippen molar-refractivity contribution in [3.8, 4) is 5.75 Å². The van der Waals surface area contributed by atoms with Crippen molar-refractivity contribution >= 4 is 33.6 Å². The van der Waals surface area contributed by atoms with E-state index in [0.29, 0.717) is 16.6 Å².